The third kappa shape index (κ3) is 6.06. The van der Waals surface area contributed by atoms with Gasteiger partial charge in [-0.15, -0.1) is 0 Å². The van der Waals surface area contributed by atoms with Gasteiger partial charge in [-0.2, -0.15) is 0 Å². The molecule has 3 aromatic carbocycles. The summed E-state index contributed by atoms with van der Waals surface area (Å²) in [5, 5.41) is 2.60. The van der Waals surface area contributed by atoms with Crippen LogP contribution in [0.2, 0.25) is 5.15 Å². The number of fused-ring (bicyclic) bond motifs is 3. The van der Waals surface area contributed by atoms with E-state index in [4.69, 9.17) is 26.0 Å². The monoisotopic (exact) mass is 637 g/mol. The maximum atomic E-state index is 7.50. The van der Waals surface area contributed by atoms with Crippen molar-refractivity contribution in [2.24, 2.45) is 0 Å². The summed E-state index contributed by atoms with van der Waals surface area (Å²) in [7, 11) is 0. The zero-order valence-corrected chi connectivity index (χ0v) is 21.0. The van der Waals surface area contributed by atoms with Gasteiger partial charge in [0.1, 0.15) is 5.15 Å². The van der Waals surface area contributed by atoms with Crippen molar-refractivity contribution in [1.82, 2.24) is 9.97 Å². The predicted octanol–water partition coefficient (Wildman–Crippen LogP) is 5.58. The van der Waals surface area contributed by atoms with Gasteiger partial charge in [0, 0.05) is 37.4 Å². The van der Waals surface area contributed by atoms with Gasteiger partial charge in [-0.1, -0.05) is 84.4 Å². The van der Waals surface area contributed by atoms with E-state index in [9.17, 15) is 0 Å². The molecular weight excluding hydrogens is 622 g/mol. The summed E-state index contributed by atoms with van der Waals surface area (Å²) in [5.41, 5.74) is 6.19. The summed E-state index contributed by atoms with van der Waals surface area (Å²) >= 11 is 6.39. The van der Waals surface area contributed by atoms with Crippen molar-refractivity contribution in [2.75, 3.05) is 0 Å². The van der Waals surface area contributed by atoms with E-state index in [0.29, 0.717) is 5.15 Å². The van der Waals surface area contributed by atoms with E-state index in [1.54, 1.807) is 0 Å². The number of halogens is 1. The van der Waals surface area contributed by atoms with Crippen LogP contribution in [-0.4, -0.2) is 30.3 Å². The molecule has 0 saturated carbocycles. The topological polar surface area (TPSA) is 77.0 Å². The largest absolute Gasteiger partial charge is 0.281 e. The van der Waals surface area contributed by atoms with Crippen LogP contribution < -0.4 is 0 Å². The second-order valence-corrected chi connectivity index (χ2v) is 6.83. The Hall–Kier alpha value is -3.56. The number of nitrogens with zero attached hydrogens (tertiary/aromatic N) is 2. The standard InChI is InChI=1S/C24H15ClN2.3CO.Re/c25-22-15-21(17-9-5-2-6-10-17)20-12-11-19-18(16-7-3-1-4-8-16)13-14-26-23(19)24(20)27-22;3*1-2;/h1-15H;;;;. The van der Waals surface area contributed by atoms with E-state index < -0.39 is 0 Å². The van der Waals surface area contributed by atoms with Crippen molar-refractivity contribution < 1.29 is 34.8 Å². The van der Waals surface area contributed by atoms with Crippen molar-refractivity contribution in [2.45, 2.75) is 0 Å². The van der Waals surface area contributed by atoms with Gasteiger partial charge in [0.05, 0.1) is 11.0 Å². The number of pyridine rings is 2. The van der Waals surface area contributed by atoms with E-state index in [-0.39, 0.29) is 20.4 Å². The molecule has 0 aliphatic heterocycles. The molecule has 34 heavy (non-hydrogen) atoms. The van der Waals surface area contributed by atoms with Crippen LogP contribution in [0, 0.1) is 0 Å². The van der Waals surface area contributed by atoms with Crippen LogP contribution in [0.1, 0.15) is 0 Å². The first kappa shape index (κ1) is 28.5. The number of hydrogen-bond donors (Lipinski definition) is 0. The number of rotatable bonds is 2. The summed E-state index contributed by atoms with van der Waals surface area (Å²) in [5.74, 6) is 0. The molecular formula is C27H15ClN2O3Re. The van der Waals surface area contributed by atoms with Crippen molar-refractivity contribution in [3.05, 3.63) is 96.3 Å². The number of carbonyl (C=O) groups excluding carboxylic acids is 3. The molecule has 0 aliphatic carbocycles. The molecule has 0 bridgehead atoms. The Morgan fingerprint density at radius 1 is 0.588 bits per heavy atom. The van der Waals surface area contributed by atoms with Crippen LogP contribution >= 0.6 is 11.6 Å². The van der Waals surface area contributed by atoms with E-state index in [1.165, 1.54) is 0 Å². The summed E-state index contributed by atoms with van der Waals surface area (Å²) in [6.45, 7) is 13.5. The Balaban J connectivity index is 0.000000769. The van der Waals surface area contributed by atoms with Gasteiger partial charge in [0.2, 0.25) is 0 Å². The zero-order chi connectivity index (χ0) is 24.2. The molecule has 5 aromatic rings. The third-order valence-corrected chi connectivity index (χ3v) is 5.02. The van der Waals surface area contributed by atoms with Gasteiger partial charge in [-0.05, 0) is 34.4 Å². The average Bonchev–Trinajstić information content (AvgIpc) is 2.92. The van der Waals surface area contributed by atoms with Gasteiger partial charge in [0.15, 0.2) is 0 Å². The molecule has 0 fully saturated rings. The summed E-state index contributed by atoms with van der Waals surface area (Å²) in [4.78, 5) is 31.8. The smallest absolute Gasteiger partial charge is 0.281 e. The Kier molecular flexibility index (Phi) is 12.2. The predicted molar refractivity (Wildman–Crippen MR) is 130 cm³/mol. The number of benzene rings is 3. The molecule has 7 radical (unpaired) electrons. The van der Waals surface area contributed by atoms with Gasteiger partial charge >= 0.3 is 0 Å². The minimum atomic E-state index is 0. The molecule has 0 amide bonds. The molecule has 0 saturated heterocycles. The van der Waals surface area contributed by atoms with Crippen LogP contribution in [0.4, 0.5) is 0 Å². The molecule has 0 aliphatic rings. The second-order valence-electron chi connectivity index (χ2n) is 6.44. The van der Waals surface area contributed by atoms with Crippen molar-refractivity contribution >= 4 is 53.8 Å². The summed E-state index contributed by atoms with van der Waals surface area (Å²) in [6.07, 6.45) is 1.84. The molecule has 5 nitrogen and oxygen atoms in total. The van der Waals surface area contributed by atoms with Gasteiger partial charge < -0.3 is 0 Å². The third-order valence-electron chi connectivity index (χ3n) is 4.83. The Bertz CT molecular complexity index is 1330. The van der Waals surface area contributed by atoms with Gasteiger partial charge in [-0.25, -0.2) is 4.98 Å². The Morgan fingerprint density at radius 3 is 1.59 bits per heavy atom. The average molecular weight is 637 g/mol. The minimum Gasteiger partial charge on any atom is -0.281 e. The molecule has 0 N–H and O–H groups in total. The van der Waals surface area contributed by atoms with E-state index in [0.717, 1.165) is 44.1 Å². The molecule has 5 rings (SSSR count). The molecule has 165 valence electrons. The molecule has 7 heteroatoms. The first-order chi connectivity index (χ1) is 16.3. The summed E-state index contributed by atoms with van der Waals surface area (Å²) in [6, 6.07) is 28.8. The first-order valence-corrected chi connectivity index (χ1v) is 9.79. The second kappa shape index (κ2) is 14.6. The fourth-order valence-electron chi connectivity index (χ4n) is 3.60. The normalized spacial score (nSPS) is 9.21. The zero-order valence-electron chi connectivity index (χ0n) is 17.5. The Morgan fingerprint density at radius 2 is 1.06 bits per heavy atom. The fourth-order valence-corrected chi connectivity index (χ4v) is 3.79. The molecule has 0 unspecified atom stereocenters. The van der Waals surface area contributed by atoms with Crippen molar-refractivity contribution in [3.63, 3.8) is 0 Å². The molecule has 2 aromatic heterocycles. The van der Waals surface area contributed by atoms with Gasteiger partial charge in [0.25, 0.3) is 20.4 Å². The van der Waals surface area contributed by atoms with E-state index in [2.05, 4.69) is 66.7 Å². The van der Waals surface area contributed by atoms with Crippen LogP contribution in [0.5, 0.6) is 0 Å². The SMILES string of the molecule is Clc1cc(-c2ccccc2)c2ccc3c(-c4ccccc4)ccnc3c2n1.[C]=O.[C]=O.[C]=O.[Re]. The number of hydrogen-bond acceptors (Lipinski definition) is 5. The maximum Gasteiger partial charge on any atom is 0.281 e. The quantitative estimate of drug-likeness (QED) is 0.187. The molecule has 0 spiro atoms. The Labute approximate surface area is 216 Å². The fraction of sp³-hybridized carbons (Fsp3) is 0. The van der Waals surface area contributed by atoms with Gasteiger partial charge in [-0.3, -0.25) is 19.4 Å². The van der Waals surface area contributed by atoms with Crippen LogP contribution in [0.3, 0.4) is 0 Å². The van der Waals surface area contributed by atoms with E-state index >= 15 is 0 Å². The van der Waals surface area contributed by atoms with Crippen molar-refractivity contribution in [1.29, 1.82) is 0 Å². The van der Waals surface area contributed by atoms with Crippen LogP contribution in [0.25, 0.3) is 44.1 Å². The van der Waals surface area contributed by atoms with Crippen molar-refractivity contribution in [3.8, 4) is 22.3 Å². The van der Waals surface area contributed by atoms with E-state index in [1.807, 2.05) is 54.7 Å². The van der Waals surface area contributed by atoms with Crippen LogP contribution in [-0.2, 0) is 34.8 Å². The molecule has 0 atom stereocenters. The molecule has 2 heterocycles. The number of aromatic nitrogens is 2. The first-order valence-electron chi connectivity index (χ1n) is 9.41. The van der Waals surface area contributed by atoms with Crippen LogP contribution in [0.15, 0.2) is 91.1 Å². The maximum absolute atomic E-state index is 7.50. The minimum absolute atomic E-state index is 0. The summed E-state index contributed by atoms with van der Waals surface area (Å²) < 4.78 is 0.